The largest absolute Gasteiger partial charge is 0.322 e. The minimum Gasteiger partial charge on any atom is -0.322 e. The molecule has 0 bridgehead atoms. The van der Waals surface area contributed by atoms with Crippen LogP contribution in [0.3, 0.4) is 0 Å². The SMILES string of the molecule is Cc1nncn1-c1cccc(NC(=O)c2ccccc2-n2ccnn2)c1. The van der Waals surface area contributed by atoms with Gasteiger partial charge in [0.15, 0.2) is 0 Å². The van der Waals surface area contributed by atoms with Crippen molar-refractivity contribution in [3.63, 3.8) is 0 Å². The third kappa shape index (κ3) is 2.95. The van der Waals surface area contributed by atoms with E-state index in [9.17, 15) is 4.79 Å². The van der Waals surface area contributed by atoms with E-state index >= 15 is 0 Å². The average Bonchev–Trinajstić information content (AvgIpc) is 3.33. The highest BCUT2D eigenvalue weighted by Gasteiger charge is 2.13. The number of hydrogen-bond donors (Lipinski definition) is 1. The molecule has 0 radical (unpaired) electrons. The Kier molecular flexibility index (Phi) is 3.98. The molecule has 8 heteroatoms. The molecule has 0 saturated carbocycles. The Balaban J connectivity index is 1.63. The third-order valence-electron chi connectivity index (χ3n) is 3.92. The number of carbonyl (C=O) groups is 1. The van der Waals surface area contributed by atoms with Gasteiger partial charge in [0.2, 0.25) is 0 Å². The van der Waals surface area contributed by atoms with Crippen LogP contribution in [0.4, 0.5) is 5.69 Å². The van der Waals surface area contributed by atoms with Crippen LogP contribution < -0.4 is 5.32 Å². The minimum atomic E-state index is -0.228. The summed E-state index contributed by atoms with van der Waals surface area (Å²) in [5.74, 6) is 0.540. The highest BCUT2D eigenvalue weighted by atomic mass is 16.1. The van der Waals surface area contributed by atoms with Crippen molar-refractivity contribution in [1.82, 2.24) is 29.8 Å². The highest BCUT2D eigenvalue weighted by molar-refractivity contribution is 6.06. The number of rotatable bonds is 4. The molecule has 0 spiro atoms. The van der Waals surface area contributed by atoms with Crippen LogP contribution >= 0.6 is 0 Å². The Labute approximate surface area is 149 Å². The summed E-state index contributed by atoms with van der Waals surface area (Å²) in [5, 5.41) is 18.6. The molecule has 8 nitrogen and oxygen atoms in total. The van der Waals surface area contributed by atoms with E-state index in [0.717, 1.165) is 11.5 Å². The second kappa shape index (κ2) is 6.60. The molecule has 1 N–H and O–H groups in total. The Hall–Kier alpha value is -3.81. The summed E-state index contributed by atoms with van der Waals surface area (Å²) in [6.07, 6.45) is 4.90. The normalized spacial score (nSPS) is 10.7. The molecule has 0 saturated heterocycles. The van der Waals surface area contributed by atoms with E-state index in [1.54, 1.807) is 29.5 Å². The summed E-state index contributed by atoms with van der Waals surface area (Å²) in [6, 6.07) is 14.7. The maximum Gasteiger partial charge on any atom is 0.257 e. The van der Waals surface area contributed by atoms with Gasteiger partial charge in [-0.3, -0.25) is 9.36 Å². The molecule has 0 aliphatic rings. The molecule has 128 valence electrons. The van der Waals surface area contributed by atoms with Crippen LogP contribution in [-0.4, -0.2) is 35.7 Å². The van der Waals surface area contributed by atoms with Crippen LogP contribution in [0, 0.1) is 6.92 Å². The zero-order valence-electron chi connectivity index (χ0n) is 13.9. The lowest BCUT2D eigenvalue weighted by molar-refractivity contribution is 0.102. The third-order valence-corrected chi connectivity index (χ3v) is 3.92. The number of hydrogen-bond acceptors (Lipinski definition) is 5. The monoisotopic (exact) mass is 345 g/mol. The van der Waals surface area contributed by atoms with E-state index < -0.39 is 0 Å². The number of benzene rings is 2. The van der Waals surface area contributed by atoms with Crippen LogP contribution in [0.2, 0.25) is 0 Å². The average molecular weight is 345 g/mol. The molecule has 1 amide bonds. The quantitative estimate of drug-likeness (QED) is 0.613. The summed E-state index contributed by atoms with van der Waals surface area (Å²) in [4.78, 5) is 12.8. The van der Waals surface area contributed by atoms with Crippen LogP contribution in [0.25, 0.3) is 11.4 Å². The zero-order chi connectivity index (χ0) is 17.9. The number of nitrogens with zero attached hydrogens (tertiary/aromatic N) is 6. The summed E-state index contributed by atoms with van der Waals surface area (Å²) in [6.45, 7) is 1.87. The van der Waals surface area contributed by atoms with Crippen molar-refractivity contribution in [3.8, 4) is 11.4 Å². The topological polar surface area (TPSA) is 90.5 Å². The Morgan fingerprint density at radius 2 is 1.96 bits per heavy atom. The molecule has 26 heavy (non-hydrogen) atoms. The van der Waals surface area contributed by atoms with Crippen molar-refractivity contribution in [3.05, 3.63) is 78.6 Å². The van der Waals surface area contributed by atoms with Gasteiger partial charge in [-0.2, -0.15) is 0 Å². The van der Waals surface area contributed by atoms with E-state index in [1.165, 1.54) is 0 Å². The van der Waals surface area contributed by atoms with Gasteiger partial charge in [0, 0.05) is 5.69 Å². The molecule has 2 aromatic carbocycles. The van der Waals surface area contributed by atoms with Crippen LogP contribution in [0.5, 0.6) is 0 Å². The number of aromatic nitrogens is 6. The number of amides is 1. The van der Waals surface area contributed by atoms with Gasteiger partial charge in [-0.1, -0.05) is 23.4 Å². The number of carbonyl (C=O) groups excluding carboxylic acids is 1. The molecule has 4 aromatic rings. The Morgan fingerprint density at radius 1 is 1.08 bits per heavy atom. The van der Waals surface area contributed by atoms with E-state index in [-0.39, 0.29) is 5.91 Å². The predicted molar refractivity (Wildman–Crippen MR) is 95.4 cm³/mol. The fourth-order valence-electron chi connectivity index (χ4n) is 2.68. The first kappa shape index (κ1) is 15.7. The van der Waals surface area contributed by atoms with Gasteiger partial charge in [-0.25, -0.2) is 4.68 Å². The first-order chi connectivity index (χ1) is 12.7. The number of nitrogens with one attached hydrogen (secondary N) is 1. The molecule has 0 aliphatic heterocycles. The van der Waals surface area contributed by atoms with Crippen LogP contribution in [0.1, 0.15) is 16.2 Å². The van der Waals surface area contributed by atoms with Gasteiger partial charge >= 0.3 is 0 Å². The van der Waals surface area contributed by atoms with Gasteiger partial charge < -0.3 is 5.32 Å². The summed E-state index contributed by atoms with van der Waals surface area (Å²) in [7, 11) is 0. The summed E-state index contributed by atoms with van der Waals surface area (Å²) >= 11 is 0. The predicted octanol–water partition coefficient (Wildman–Crippen LogP) is 2.41. The van der Waals surface area contributed by atoms with Crippen molar-refractivity contribution in [2.75, 3.05) is 5.32 Å². The fraction of sp³-hybridized carbons (Fsp3) is 0.0556. The van der Waals surface area contributed by atoms with E-state index in [1.807, 2.05) is 54.0 Å². The van der Waals surface area contributed by atoms with Gasteiger partial charge in [0.25, 0.3) is 5.91 Å². The van der Waals surface area contributed by atoms with Gasteiger partial charge in [0.05, 0.1) is 29.3 Å². The van der Waals surface area contributed by atoms with Crippen molar-refractivity contribution in [2.45, 2.75) is 6.92 Å². The molecule has 0 unspecified atom stereocenters. The van der Waals surface area contributed by atoms with Crippen molar-refractivity contribution < 1.29 is 4.79 Å². The standard InChI is InChI=1S/C18H15N7O/c1-13-22-20-12-24(13)15-6-4-5-14(11-15)21-18(26)16-7-2-3-8-17(16)25-10-9-19-23-25/h2-12H,1H3,(H,21,26). The summed E-state index contributed by atoms with van der Waals surface area (Å²) in [5.41, 5.74) is 2.71. The minimum absolute atomic E-state index is 0.228. The number of para-hydroxylation sites is 1. The summed E-state index contributed by atoms with van der Waals surface area (Å²) < 4.78 is 3.41. The molecular weight excluding hydrogens is 330 g/mol. The first-order valence-corrected chi connectivity index (χ1v) is 7.96. The van der Waals surface area contributed by atoms with Gasteiger partial charge in [-0.15, -0.1) is 15.3 Å². The van der Waals surface area contributed by atoms with Crippen molar-refractivity contribution in [1.29, 1.82) is 0 Å². The lowest BCUT2D eigenvalue weighted by atomic mass is 10.1. The Morgan fingerprint density at radius 3 is 2.73 bits per heavy atom. The maximum absolute atomic E-state index is 12.8. The molecule has 2 heterocycles. The van der Waals surface area contributed by atoms with E-state index in [0.29, 0.717) is 16.9 Å². The smallest absolute Gasteiger partial charge is 0.257 e. The lowest BCUT2D eigenvalue weighted by Crippen LogP contribution is -2.15. The maximum atomic E-state index is 12.8. The fourth-order valence-corrected chi connectivity index (χ4v) is 2.68. The molecule has 0 fully saturated rings. The van der Waals surface area contributed by atoms with E-state index in [2.05, 4.69) is 25.8 Å². The molecule has 4 rings (SSSR count). The molecule has 0 atom stereocenters. The number of anilines is 1. The van der Waals surface area contributed by atoms with Crippen molar-refractivity contribution >= 4 is 11.6 Å². The second-order valence-corrected chi connectivity index (χ2v) is 5.62. The van der Waals surface area contributed by atoms with E-state index in [4.69, 9.17) is 0 Å². The van der Waals surface area contributed by atoms with Crippen molar-refractivity contribution in [2.24, 2.45) is 0 Å². The molecular formula is C18H15N7O. The van der Waals surface area contributed by atoms with Gasteiger partial charge in [0.1, 0.15) is 12.2 Å². The molecule has 0 aliphatic carbocycles. The zero-order valence-corrected chi connectivity index (χ0v) is 13.9. The Bertz CT molecular complexity index is 1050. The lowest BCUT2D eigenvalue weighted by Gasteiger charge is -2.11. The first-order valence-electron chi connectivity index (χ1n) is 7.96. The second-order valence-electron chi connectivity index (χ2n) is 5.62. The number of aryl methyl sites for hydroxylation is 1. The highest BCUT2D eigenvalue weighted by Crippen LogP contribution is 2.19. The molecule has 2 aromatic heterocycles. The van der Waals surface area contributed by atoms with Crippen LogP contribution in [-0.2, 0) is 0 Å². The van der Waals surface area contributed by atoms with Crippen LogP contribution in [0.15, 0.2) is 67.3 Å². The van der Waals surface area contributed by atoms with Gasteiger partial charge in [-0.05, 0) is 37.3 Å².